The van der Waals surface area contributed by atoms with Crippen molar-refractivity contribution in [2.24, 2.45) is 0 Å². The van der Waals surface area contributed by atoms with Crippen molar-refractivity contribution in [2.75, 3.05) is 0 Å². The zero-order valence-corrected chi connectivity index (χ0v) is 18.0. The molecular formula is C26H15NSSe. The fraction of sp³-hybridized carbons (Fsp3) is 0. The molecule has 1 nitrogen and oxygen atoms in total. The van der Waals surface area contributed by atoms with E-state index >= 15 is 0 Å². The van der Waals surface area contributed by atoms with Gasteiger partial charge in [0.05, 0.1) is 0 Å². The summed E-state index contributed by atoms with van der Waals surface area (Å²) in [5.41, 5.74) is 3.93. The van der Waals surface area contributed by atoms with Gasteiger partial charge in [-0.3, -0.25) is 0 Å². The second kappa shape index (κ2) is 5.84. The van der Waals surface area contributed by atoms with Gasteiger partial charge in [-0.05, 0) is 0 Å². The van der Waals surface area contributed by atoms with E-state index in [1.54, 1.807) is 0 Å². The van der Waals surface area contributed by atoms with Gasteiger partial charge in [-0.2, -0.15) is 0 Å². The summed E-state index contributed by atoms with van der Waals surface area (Å²) in [6, 6.07) is 31.5. The molecule has 0 saturated carbocycles. The maximum atomic E-state index is 2.50. The van der Waals surface area contributed by atoms with Crippen molar-refractivity contribution >= 4 is 77.0 Å². The van der Waals surface area contributed by atoms with Crippen LogP contribution in [0.25, 0.3) is 56.9 Å². The third-order valence-corrected chi connectivity index (χ3v) is 9.29. The standard InChI is InChI=1S/C26H15NSSe/c1-3-9-21-17(6-1)20-14-16-12-13-28-24(16)15-23(20)27(21)22-10-5-8-19-18-7-2-4-11-25(18)29-26(19)22/h1-15H. The monoisotopic (exact) mass is 453 g/mol. The summed E-state index contributed by atoms with van der Waals surface area (Å²) in [6.07, 6.45) is 0. The van der Waals surface area contributed by atoms with Crippen LogP contribution >= 0.6 is 11.3 Å². The fourth-order valence-electron chi connectivity index (χ4n) is 4.59. The zero-order chi connectivity index (χ0) is 18.9. The Hall–Kier alpha value is -2.84. The van der Waals surface area contributed by atoms with Crippen LogP contribution in [0.2, 0.25) is 0 Å². The average Bonchev–Trinajstić information content (AvgIpc) is 3.45. The fourth-order valence-corrected chi connectivity index (χ4v) is 7.93. The molecule has 136 valence electrons. The van der Waals surface area contributed by atoms with Gasteiger partial charge in [0, 0.05) is 0 Å². The van der Waals surface area contributed by atoms with Gasteiger partial charge in [-0.25, -0.2) is 0 Å². The Balaban J connectivity index is 1.71. The van der Waals surface area contributed by atoms with Gasteiger partial charge in [0.15, 0.2) is 0 Å². The van der Waals surface area contributed by atoms with Crippen LogP contribution in [-0.2, 0) is 0 Å². The number of hydrogen-bond donors (Lipinski definition) is 0. The number of benzene rings is 4. The molecule has 0 spiro atoms. The first kappa shape index (κ1) is 16.0. The second-order valence-electron chi connectivity index (χ2n) is 7.43. The average molecular weight is 452 g/mol. The summed E-state index contributed by atoms with van der Waals surface area (Å²) in [5.74, 6) is 0. The van der Waals surface area contributed by atoms with Crippen molar-refractivity contribution in [1.82, 2.24) is 4.57 Å². The molecule has 0 atom stereocenters. The third-order valence-electron chi connectivity index (χ3n) is 5.87. The molecule has 0 aliphatic carbocycles. The van der Waals surface area contributed by atoms with Crippen molar-refractivity contribution in [3.05, 3.63) is 90.3 Å². The maximum absolute atomic E-state index is 2.50. The normalized spacial score (nSPS) is 12.1. The Morgan fingerprint density at radius 2 is 1.48 bits per heavy atom. The molecule has 0 unspecified atom stereocenters. The summed E-state index contributed by atoms with van der Waals surface area (Å²) in [7, 11) is 0. The van der Waals surface area contributed by atoms with Crippen LogP contribution in [0, 0.1) is 0 Å². The molecule has 3 aromatic heterocycles. The number of fused-ring (bicyclic) bond motifs is 7. The number of hydrogen-bond acceptors (Lipinski definition) is 1. The number of para-hydroxylation sites is 1. The summed E-state index contributed by atoms with van der Waals surface area (Å²) >= 11 is 2.15. The molecule has 0 N–H and O–H groups in total. The van der Waals surface area contributed by atoms with E-state index < -0.39 is 0 Å². The molecule has 0 bridgehead atoms. The Bertz CT molecular complexity index is 1710. The number of nitrogens with zero attached hydrogens (tertiary/aromatic N) is 1. The SMILES string of the molecule is c1ccc2c(c1)[se]c1c(-n3c4ccccc4c4cc5ccsc5cc43)cccc12. The molecule has 29 heavy (non-hydrogen) atoms. The molecule has 0 radical (unpaired) electrons. The third kappa shape index (κ3) is 2.15. The van der Waals surface area contributed by atoms with Crippen molar-refractivity contribution < 1.29 is 0 Å². The molecule has 0 saturated heterocycles. The molecule has 0 aliphatic heterocycles. The van der Waals surface area contributed by atoms with Gasteiger partial charge < -0.3 is 0 Å². The van der Waals surface area contributed by atoms with Gasteiger partial charge in [-0.15, -0.1) is 0 Å². The molecule has 0 aliphatic rings. The molecule has 0 fully saturated rings. The van der Waals surface area contributed by atoms with Crippen LogP contribution in [-0.4, -0.2) is 19.1 Å². The topological polar surface area (TPSA) is 4.93 Å². The van der Waals surface area contributed by atoms with E-state index in [2.05, 4.69) is 94.9 Å². The van der Waals surface area contributed by atoms with Crippen LogP contribution in [0.5, 0.6) is 0 Å². The van der Waals surface area contributed by atoms with E-state index in [1.807, 2.05) is 11.3 Å². The van der Waals surface area contributed by atoms with Gasteiger partial charge in [0.25, 0.3) is 0 Å². The van der Waals surface area contributed by atoms with Gasteiger partial charge in [0.2, 0.25) is 0 Å². The number of aromatic nitrogens is 1. The summed E-state index contributed by atoms with van der Waals surface area (Å²) < 4.78 is 6.83. The molecule has 7 aromatic rings. The van der Waals surface area contributed by atoms with Crippen LogP contribution in [0.3, 0.4) is 0 Å². The van der Waals surface area contributed by atoms with Gasteiger partial charge >= 0.3 is 178 Å². The van der Waals surface area contributed by atoms with Crippen LogP contribution in [0.4, 0.5) is 0 Å². The van der Waals surface area contributed by atoms with E-state index in [9.17, 15) is 0 Å². The molecule has 4 aromatic carbocycles. The summed E-state index contributed by atoms with van der Waals surface area (Å²) in [5, 5.41) is 9.01. The minimum absolute atomic E-state index is 0.327. The Morgan fingerprint density at radius 3 is 2.45 bits per heavy atom. The van der Waals surface area contributed by atoms with Crippen molar-refractivity contribution in [1.29, 1.82) is 0 Å². The predicted octanol–water partition coefficient (Wildman–Crippen LogP) is 7.36. The van der Waals surface area contributed by atoms with Crippen molar-refractivity contribution in [2.45, 2.75) is 0 Å². The quantitative estimate of drug-likeness (QED) is 0.229. The van der Waals surface area contributed by atoms with E-state index in [4.69, 9.17) is 0 Å². The number of rotatable bonds is 1. The Kier molecular flexibility index (Phi) is 3.22. The van der Waals surface area contributed by atoms with Gasteiger partial charge in [-0.1, -0.05) is 0 Å². The van der Waals surface area contributed by atoms with E-state index in [0.29, 0.717) is 14.5 Å². The minimum atomic E-state index is 0.327. The molecule has 3 heterocycles. The molecule has 7 rings (SSSR count). The predicted molar refractivity (Wildman–Crippen MR) is 128 cm³/mol. The number of thiophene rings is 1. The first-order valence-corrected chi connectivity index (χ1v) is 12.3. The van der Waals surface area contributed by atoms with Crippen LogP contribution in [0.1, 0.15) is 0 Å². The van der Waals surface area contributed by atoms with Gasteiger partial charge in [0.1, 0.15) is 0 Å². The first-order chi connectivity index (χ1) is 14.4. The van der Waals surface area contributed by atoms with Crippen molar-refractivity contribution in [3.63, 3.8) is 0 Å². The zero-order valence-electron chi connectivity index (χ0n) is 15.4. The Morgan fingerprint density at radius 1 is 0.655 bits per heavy atom. The second-order valence-corrected chi connectivity index (χ2v) is 10.6. The van der Waals surface area contributed by atoms with Crippen LogP contribution in [0.15, 0.2) is 90.3 Å². The summed E-state index contributed by atoms with van der Waals surface area (Å²) in [6.45, 7) is 0. The van der Waals surface area contributed by atoms with E-state index in [0.717, 1.165) is 0 Å². The van der Waals surface area contributed by atoms with E-state index in [1.165, 1.54) is 56.9 Å². The Labute approximate surface area is 177 Å². The molecule has 0 amide bonds. The van der Waals surface area contributed by atoms with Crippen LogP contribution < -0.4 is 0 Å². The van der Waals surface area contributed by atoms with E-state index in [-0.39, 0.29) is 0 Å². The van der Waals surface area contributed by atoms with Crippen molar-refractivity contribution in [3.8, 4) is 5.69 Å². The molecule has 3 heteroatoms. The first-order valence-electron chi connectivity index (χ1n) is 9.69. The summed E-state index contributed by atoms with van der Waals surface area (Å²) in [4.78, 5) is 0. The molecular weight excluding hydrogens is 437 g/mol.